The van der Waals surface area contributed by atoms with Crippen LogP contribution in [0.15, 0.2) is 0 Å². The second kappa shape index (κ2) is 6.07. The fraction of sp³-hybridized carbons (Fsp3) is 0.917. The van der Waals surface area contributed by atoms with Gasteiger partial charge in [-0.2, -0.15) is 0 Å². The number of alkyl halides is 1. The lowest BCUT2D eigenvalue weighted by molar-refractivity contribution is 0.0489. The van der Waals surface area contributed by atoms with Crippen molar-refractivity contribution in [1.29, 1.82) is 0 Å². The minimum atomic E-state index is -0.399. The highest BCUT2D eigenvalue weighted by Gasteiger charge is 2.23. The van der Waals surface area contributed by atoms with Gasteiger partial charge < -0.3 is 10.1 Å². The van der Waals surface area contributed by atoms with Crippen molar-refractivity contribution in [2.45, 2.75) is 58.1 Å². The first-order chi connectivity index (χ1) is 7.40. The van der Waals surface area contributed by atoms with Crippen LogP contribution in [0.1, 0.15) is 46.5 Å². The smallest absolute Gasteiger partial charge is 0.407 e. The zero-order valence-electron chi connectivity index (χ0n) is 10.4. The molecular weight excluding hydrogens is 317 g/mol. The molecule has 0 saturated heterocycles. The lowest BCUT2D eigenvalue weighted by atomic mass is 9.87. The van der Waals surface area contributed by atoms with Crippen LogP contribution in [0.2, 0.25) is 0 Å². The summed E-state index contributed by atoms with van der Waals surface area (Å²) < 4.78 is 6.48. The van der Waals surface area contributed by atoms with E-state index in [1.165, 1.54) is 17.3 Å². The molecule has 4 heteroatoms. The summed E-state index contributed by atoms with van der Waals surface area (Å²) in [7, 11) is 0. The number of alkyl carbamates (subject to hydrolysis) is 1. The van der Waals surface area contributed by atoms with Crippen molar-refractivity contribution in [3.05, 3.63) is 0 Å². The van der Waals surface area contributed by atoms with Crippen LogP contribution in [0.4, 0.5) is 4.79 Å². The molecule has 0 heterocycles. The monoisotopic (exact) mass is 339 g/mol. The van der Waals surface area contributed by atoms with E-state index in [1.807, 2.05) is 20.8 Å². The van der Waals surface area contributed by atoms with Crippen LogP contribution >= 0.6 is 22.6 Å². The Bertz CT molecular complexity index is 230. The Morgan fingerprint density at radius 2 is 1.88 bits per heavy atom. The van der Waals surface area contributed by atoms with E-state index in [1.54, 1.807) is 0 Å². The Kier molecular flexibility index (Phi) is 5.34. The number of ether oxygens (including phenoxy) is 1. The highest BCUT2D eigenvalue weighted by atomic mass is 127. The third-order valence-electron chi connectivity index (χ3n) is 2.79. The highest BCUT2D eigenvalue weighted by molar-refractivity contribution is 14.1. The van der Waals surface area contributed by atoms with Gasteiger partial charge in [0, 0.05) is 10.5 Å². The summed E-state index contributed by atoms with van der Waals surface area (Å²) in [5.74, 6) is 0.845. The van der Waals surface area contributed by atoms with Gasteiger partial charge >= 0.3 is 6.09 Å². The standard InChI is InChI=1S/C12H22INO2/c1-12(2,3)16-11(15)14-10-6-4-9(8-13)5-7-10/h9-10H,4-8H2,1-3H3,(H,14,15). The molecule has 0 aromatic carbocycles. The number of carbonyl (C=O) groups excluding carboxylic acids is 1. The molecule has 3 nitrogen and oxygen atoms in total. The van der Waals surface area contributed by atoms with E-state index < -0.39 is 5.60 Å². The van der Waals surface area contributed by atoms with Crippen molar-refractivity contribution in [3.63, 3.8) is 0 Å². The van der Waals surface area contributed by atoms with E-state index >= 15 is 0 Å². The highest BCUT2D eigenvalue weighted by Crippen LogP contribution is 2.25. The van der Waals surface area contributed by atoms with Crippen LogP contribution in [0, 0.1) is 5.92 Å². The number of halogens is 1. The molecule has 1 N–H and O–H groups in total. The molecule has 1 aliphatic rings. The van der Waals surface area contributed by atoms with E-state index in [9.17, 15) is 4.79 Å². The fourth-order valence-corrected chi connectivity index (χ4v) is 2.82. The molecule has 1 aliphatic carbocycles. The number of carbonyl (C=O) groups is 1. The Morgan fingerprint density at radius 3 is 2.31 bits per heavy atom. The number of amides is 1. The molecule has 0 unspecified atom stereocenters. The fourth-order valence-electron chi connectivity index (χ4n) is 1.94. The second-order valence-corrected chi connectivity index (χ2v) is 6.40. The van der Waals surface area contributed by atoms with Gasteiger partial charge in [-0.1, -0.05) is 22.6 Å². The quantitative estimate of drug-likeness (QED) is 0.618. The topological polar surface area (TPSA) is 38.3 Å². The van der Waals surface area contributed by atoms with E-state index in [4.69, 9.17) is 4.74 Å². The van der Waals surface area contributed by atoms with Gasteiger partial charge in [-0.15, -0.1) is 0 Å². The van der Waals surface area contributed by atoms with Gasteiger partial charge in [0.1, 0.15) is 5.60 Å². The minimum absolute atomic E-state index is 0.273. The largest absolute Gasteiger partial charge is 0.444 e. The summed E-state index contributed by atoms with van der Waals surface area (Å²) >= 11 is 2.45. The molecule has 0 bridgehead atoms. The van der Waals surface area contributed by atoms with Gasteiger partial charge in [-0.3, -0.25) is 0 Å². The molecule has 0 radical (unpaired) electrons. The van der Waals surface area contributed by atoms with Crippen molar-refractivity contribution in [2.24, 2.45) is 5.92 Å². The van der Waals surface area contributed by atoms with Crippen molar-refractivity contribution in [1.82, 2.24) is 5.32 Å². The molecule has 1 saturated carbocycles. The predicted molar refractivity (Wildman–Crippen MR) is 74.0 cm³/mol. The predicted octanol–water partition coefficient (Wildman–Crippen LogP) is 3.50. The summed E-state index contributed by atoms with van der Waals surface area (Å²) in [6.45, 7) is 5.67. The summed E-state index contributed by atoms with van der Waals surface area (Å²) in [5, 5.41) is 2.96. The molecule has 94 valence electrons. The van der Waals surface area contributed by atoms with Crippen molar-refractivity contribution in [2.75, 3.05) is 4.43 Å². The van der Waals surface area contributed by atoms with Crippen molar-refractivity contribution < 1.29 is 9.53 Å². The van der Waals surface area contributed by atoms with Gasteiger partial charge in [-0.25, -0.2) is 4.79 Å². The average molecular weight is 339 g/mol. The summed E-state index contributed by atoms with van der Waals surface area (Å²) in [5.41, 5.74) is -0.399. The van der Waals surface area contributed by atoms with Crippen LogP contribution in [0.3, 0.4) is 0 Å². The van der Waals surface area contributed by atoms with Gasteiger partial charge in [0.15, 0.2) is 0 Å². The Hall–Kier alpha value is 0. The Morgan fingerprint density at radius 1 is 1.31 bits per heavy atom. The van der Waals surface area contributed by atoms with Gasteiger partial charge in [0.05, 0.1) is 0 Å². The number of hydrogen-bond acceptors (Lipinski definition) is 2. The maximum absolute atomic E-state index is 11.5. The van der Waals surface area contributed by atoms with Crippen molar-refractivity contribution in [3.8, 4) is 0 Å². The third-order valence-corrected chi connectivity index (χ3v) is 4.03. The number of rotatable bonds is 2. The zero-order chi connectivity index (χ0) is 12.2. The van der Waals surface area contributed by atoms with E-state index in [0.717, 1.165) is 18.8 Å². The van der Waals surface area contributed by atoms with Crippen LogP contribution < -0.4 is 5.32 Å². The summed E-state index contributed by atoms with van der Waals surface area (Å²) in [6, 6.07) is 0.314. The summed E-state index contributed by atoms with van der Waals surface area (Å²) in [6.07, 6.45) is 4.36. The second-order valence-electron chi connectivity index (χ2n) is 5.52. The lowest BCUT2D eigenvalue weighted by Gasteiger charge is -2.29. The molecule has 16 heavy (non-hydrogen) atoms. The van der Waals surface area contributed by atoms with Gasteiger partial charge in [0.25, 0.3) is 0 Å². The van der Waals surface area contributed by atoms with E-state index in [-0.39, 0.29) is 6.09 Å². The molecule has 1 fully saturated rings. The normalized spacial score (nSPS) is 26.2. The lowest BCUT2D eigenvalue weighted by Crippen LogP contribution is -2.41. The van der Waals surface area contributed by atoms with Crippen LogP contribution in [0.5, 0.6) is 0 Å². The van der Waals surface area contributed by atoms with Crippen LogP contribution in [-0.4, -0.2) is 22.2 Å². The first kappa shape index (κ1) is 14.1. The van der Waals surface area contributed by atoms with Gasteiger partial charge in [-0.05, 0) is 52.4 Å². The SMILES string of the molecule is CC(C)(C)OC(=O)NC1CCC(CI)CC1. The summed E-state index contributed by atoms with van der Waals surface area (Å²) in [4.78, 5) is 11.5. The first-order valence-corrected chi connectivity index (χ1v) is 7.49. The molecule has 0 spiro atoms. The molecule has 0 atom stereocenters. The van der Waals surface area contributed by atoms with E-state index in [0.29, 0.717) is 6.04 Å². The minimum Gasteiger partial charge on any atom is -0.444 e. The molecule has 0 aliphatic heterocycles. The maximum Gasteiger partial charge on any atom is 0.407 e. The van der Waals surface area contributed by atoms with Crippen LogP contribution in [0.25, 0.3) is 0 Å². The van der Waals surface area contributed by atoms with Crippen molar-refractivity contribution >= 4 is 28.7 Å². The molecule has 0 aromatic rings. The zero-order valence-corrected chi connectivity index (χ0v) is 12.5. The molecule has 1 rings (SSSR count). The number of nitrogens with one attached hydrogen (secondary N) is 1. The molecule has 0 aromatic heterocycles. The molecular formula is C12H22INO2. The first-order valence-electron chi connectivity index (χ1n) is 5.96. The Balaban J connectivity index is 2.26. The van der Waals surface area contributed by atoms with Gasteiger partial charge in [0.2, 0.25) is 0 Å². The number of hydrogen-bond donors (Lipinski definition) is 1. The third kappa shape index (κ3) is 5.37. The molecule has 1 amide bonds. The Labute approximate surface area is 112 Å². The van der Waals surface area contributed by atoms with Crippen LogP contribution in [-0.2, 0) is 4.74 Å². The van der Waals surface area contributed by atoms with E-state index in [2.05, 4.69) is 27.9 Å². The average Bonchev–Trinajstić information content (AvgIpc) is 2.16. The maximum atomic E-state index is 11.5.